The summed E-state index contributed by atoms with van der Waals surface area (Å²) in [6, 6.07) is 3.55. The molecule has 0 amide bonds. The second kappa shape index (κ2) is 6.02. The molecule has 76 valence electrons. The average Bonchev–Trinajstić information content (AvgIpc) is 2.52. The van der Waals surface area contributed by atoms with Crippen LogP contribution in [0.3, 0.4) is 0 Å². The summed E-state index contributed by atoms with van der Waals surface area (Å²) in [6.07, 6.45) is 1.95. The SMILES string of the molecule is CCC[C@H](N)c1ccc(CO)o1.Cl. The van der Waals surface area contributed by atoms with Crippen molar-refractivity contribution >= 4 is 12.4 Å². The highest BCUT2D eigenvalue weighted by Crippen LogP contribution is 2.18. The van der Waals surface area contributed by atoms with Crippen molar-refractivity contribution in [2.75, 3.05) is 0 Å². The largest absolute Gasteiger partial charge is 0.462 e. The normalized spacial score (nSPS) is 12.2. The molecule has 0 radical (unpaired) electrons. The van der Waals surface area contributed by atoms with Crippen LogP contribution >= 0.6 is 12.4 Å². The van der Waals surface area contributed by atoms with E-state index in [1.54, 1.807) is 6.07 Å². The van der Waals surface area contributed by atoms with Gasteiger partial charge in [-0.1, -0.05) is 13.3 Å². The predicted octanol–water partition coefficient (Wildman–Crippen LogP) is 1.99. The van der Waals surface area contributed by atoms with Gasteiger partial charge in [-0.2, -0.15) is 0 Å². The third-order valence-corrected chi connectivity index (χ3v) is 1.80. The van der Waals surface area contributed by atoms with Gasteiger partial charge in [-0.3, -0.25) is 0 Å². The minimum atomic E-state index is -0.0567. The zero-order valence-electron chi connectivity index (χ0n) is 7.69. The molecule has 0 spiro atoms. The standard InChI is InChI=1S/C9H15NO2.ClH/c1-2-3-8(10)9-5-4-7(6-11)12-9;/h4-5,8,11H,2-3,6,10H2,1H3;1H/t8-;/m0./s1. The van der Waals surface area contributed by atoms with Gasteiger partial charge in [-0.15, -0.1) is 12.4 Å². The van der Waals surface area contributed by atoms with Crippen molar-refractivity contribution in [3.63, 3.8) is 0 Å². The Hall–Kier alpha value is -0.510. The number of rotatable bonds is 4. The molecular formula is C9H16ClNO2. The molecule has 1 rings (SSSR count). The summed E-state index contributed by atoms with van der Waals surface area (Å²) < 4.78 is 5.27. The lowest BCUT2D eigenvalue weighted by molar-refractivity contribution is 0.241. The second-order valence-corrected chi connectivity index (χ2v) is 2.86. The molecule has 1 atom stereocenters. The van der Waals surface area contributed by atoms with Crippen LogP contribution in [-0.2, 0) is 6.61 Å². The van der Waals surface area contributed by atoms with Crippen LogP contribution in [0, 0.1) is 0 Å². The Balaban J connectivity index is 0.00000144. The first-order valence-electron chi connectivity index (χ1n) is 4.23. The molecular weight excluding hydrogens is 190 g/mol. The number of halogens is 1. The fourth-order valence-electron chi connectivity index (χ4n) is 1.13. The van der Waals surface area contributed by atoms with Crippen LogP contribution in [0.5, 0.6) is 0 Å². The minimum absolute atomic E-state index is 0. The van der Waals surface area contributed by atoms with E-state index in [1.807, 2.05) is 6.07 Å². The van der Waals surface area contributed by atoms with E-state index in [9.17, 15) is 0 Å². The molecule has 0 aliphatic carbocycles. The van der Waals surface area contributed by atoms with Gasteiger partial charge in [0.25, 0.3) is 0 Å². The Labute approximate surface area is 84.3 Å². The molecule has 4 heteroatoms. The predicted molar refractivity (Wildman–Crippen MR) is 53.7 cm³/mol. The topological polar surface area (TPSA) is 59.4 Å². The van der Waals surface area contributed by atoms with Gasteiger partial charge in [0.15, 0.2) is 0 Å². The third kappa shape index (κ3) is 3.38. The summed E-state index contributed by atoms with van der Waals surface area (Å²) >= 11 is 0. The number of hydrogen-bond acceptors (Lipinski definition) is 3. The zero-order valence-corrected chi connectivity index (χ0v) is 8.51. The van der Waals surface area contributed by atoms with Gasteiger partial charge in [-0.05, 0) is 18.6 Å². The highest BCUT2D eigenvalue weighted by molar-refractivity contribution is 5.85. The Kier molecular flexibility index (Phi) is 5.79. The van der Waals surface area contributed by atoms with E-state index in [0.29, 0.717) is 5.76 Å². The van der Waals surface area contributed by atoms with E-state index < -0.39 is 0 Å². The van der Waals surface area contributed by atoms with Crippen molar-refractivity contribution < 1.29 is 9.52 Å². The van der Waals surface area contributed by atoms with Gasteiger partial charge < -0.3 is 15.3 Å². The first kappa shape index (κ1) is 12.5. The lowest BCUT2D eigenvalue weighted by atomic mass is 10.1. The molecule has 0 bridgehead atoms. The van der Waals surface area contributed by atoms with E-state index in [-0.39, 0.29) is 25.1 Å². The Morgan fingerprint density at radius 3 is 2.69 bits per heavy atom. The second-order valence-electron chi connectivity index (χ2n) is 2.86. The quantitative estimate of drug-likeness (QED) is 0.791. The van der Waals surface area contributed by atoms with Crippen LogP contribution < -0.4 is 5.73 Å². The first-order valence-corrected chi connectivity index (χ1v) is 4.23. The Morgan fingerprint density at radius 2 is 2.23 bits per heavy atom. The summed E-state index contributed by atoms with van der Waals surface area (Å²) in [5, 5.41) is 8.73. The number of aliphatic hydroxyl groups is 1. The van der Waals surface area contributed by atoms with Crippen molar-refractivity contribution in [3.05, 3.63) is 23.7 Å². The lowest BCUT2D eigenvalue weighted by Gasteiger charge is -2.05. The minimum Gasteiger partial charge on any atom is -0.462 e. The zero-order chi connectivity index (χ0) is 8.97. The Bertz CT molecular complexity index is 237. The van der Waals surface area contributed by atoms with Gasteiger partial charge >= 0.3 is 0 Å². The monoisotopic (exact) mass is 205 g/mol. The van der Waals surface area contributed by atoms with Crippen molar-refractivity contribution in [1.29, 1.82) is 0 Å². The van der Waals surface area contributed by atoms with Crippen LogP contribution in [0.2, 0.25) is 0 Å². The maximum atomic E-state index is 8.73. The molecule has 1 aromatic heterocycles. The van der Waals surface area contributed by atoms with E-state index >= 15 is 0 Å². The van der Waals surface area contributed by atoms with Crippen LogP contribution in [0.25, 0.3) is 0 Å². The molecule has 0 aliphatic rings. The van der Waals surface area contributed by atoms with Crippen LogP contribution in [0.4, 0.5) is 0 Å². The summed E-state index contributed by atoms with van der Waals surface area (Å²) in [5.74, 6) is 1.34. The molecule has 13 heavy (non-hydrogen) atoms. The summed E-state index contributed by atoms with van der Waals surface area (Å²) in [7, 11) is 0. The Morgan fingerprint density at radius 1 is 1.54 bits per heavy atom. The highest BCUT2D eigenvalue weighted by Gasteiger charge is 2.08. The van der Waals surface area contributed by atoms with Crippen LogP contribution in [0.1, 0.15) is 37.3 Å². The van der Waals surface area contributed by atoms with Crippen molar-refractivity contribution in [2.45, 2.75) is 32.4 Å². The van der Waals surface area contributed by atoms with Gasteiger partial charge in [0.05, 0.1) is 6.04 Å². The molecule has 0 fully saturated rings. The third-order valence-electron chi connectivity index (χ3n) is 1.80. The first-order chi connectivity index (χ1) is 5.77. The molecule has 0 unspecified atom stereocenters. The number of nitrogens with two attached hydrogens (primary N) is 1. The molecule has 1 heterocycles. The summed E-state index contributed by atoms with van der Waals surface area (Å²) in [6.45, 7) is 2.02. The van der Waals surface area contributed by atoms with Crippen molar-refractivity contribution in [3.8, 4) is 0 Å². The number of aliphatic hydroxyl groups excluding tert-OH is 1. The molecule has 0 saturated heterocycles. The van der Waals surface area contributed by atoms with Gasteiger partial charge in [0, 0.05) is 0 Å². The maximum Gasteiger partial charge on any atom is 0.129 e. The molecule has 0 saturated carbocycles. The van der Waals surface area contributed by atoms with Gasteiger partial charge in [-0.25, -0.2) is 0 Å². The van der Waals surface area contributed by atoms with E-state index in [4.69, 9.17) is 15.3 Å². The fourth-order valence-corrected chi connectivity index (χ4v) is 1.13. The van der Waals surface area contributed by atoms with Crippen molar-refractivity contribution in [2.24, 2.45) is 5.73 Å². The molecule has 3 N–H and O–H groups in total. The fraction of sp³-hybridized carbons (Fsp3) is 0.556. The van der Waals surface area contributed by atoms with Crippen molar-refractivity contribution in [1.82, 2.24) is 0 Å². The van der Waals surface area contributed by atoms with Crippen LogP contribution in [0.15, 0.2) is 16.5 Å². The van der Waals surface area contributed by atoms with E-state index in [2.05, 4.69) is 6.92 Å². The van der Waals surface area contributed by atoms with Crippen LogP contribution in [-0.4, -0.2) is 5.11 Å². The summed E-state index contributed by atoms with van der Waals surface area (Å²) in [5.41, 5.74) is 5.80. The number of hydrogen-bond donors (Lipinski definition) is 2. The van der Waals surface area contributed by atoms with Gasteiger partial charge in [0.2, 0.25) is 0 Å². The molecule has 1 aromatic rings. The molecule has 3 nitrogen and oxygen atoms in total. The number of furan rings is 1. The molecule has 0 aliphatic heterocycles. The van der Waals surface area contributed by atoms with Gasteiger partial charge in [0.1, 0.15) is 18.1 Å². The molecule has 0 aromatic carbocycles. The van der Waals surface area contributed by atoms with E-state index in [1.165, 1.54) is 0 Å². The highest BCUT2D eigenvalue weighted by atomic mass is 35.5. The summed E-state index contributed by atoms with van der Waals surface area (Å²) in [4.78, 5) is 0. The average molecular weight is 206 g/mol. The van der Waals surface area contributed by atoms with E-state index in [0.717, 1.165) is 18.6 Å². The maximum absolute atomic E-state index is 8.73. The smallest absolute Gasteiger partial charge is 0.129 e. The lowest BCUT2D eigenvalue weighted by Crippen LogP contribution is -2.08.